The van der Waals surface area contributed by atoms with E-state index in [9.17, 15) is 0 Å². The molecule has 0 saturated heterocycles. The molecule has 1 aliphatic rings. The monoisotopic (exact) mass is 281 g/mol. The molecular weight excluding hydrogens is 262 g/mol. The lowest BCUT2D eigenvalue weighted by atomic mass is 9.75. The van der Waals surface area contributed by atoms with Gasteiger partial charge in [0.05, 0.1) is 0 Å². The summed E-state index contributed by atoms with van der Waals surface area (Å²) in [7, 11) is 0. The largest absolute Gasteiger partial charge is 0.382 e. The molecule has 0 aromatic heterocycles. The summed E-state index contributed by atoms with van der Waals surface area (Å²) in [6.45, 7) is 4.75. The molecule has 16 heavy (non-hydrogen) atoms. The lowest BCUT2D eigenvalue weighted by molar-refractivity contribution is 0.229. The van der Waals surface area contributed by atoms with Crippen LogP contribution in [0.1, 0.15) is 39.5 Å². The molecule has 0 amide bonds. The quantitative estimate of drug-likeness (QED) is 0.819. The van der Waals surface area contributed by atoms with E-state index in [0.29, 0.717) is 11.5 Å². The summed E-state index contributed by atoms with van der Waals surface area (Å²) >= 11 is 3.46. The van der Waals surface area contributed by atoms with Crippen LogP contribution in [0.2, 0.25) is 0 Å². The van der Waals surface area contributed by atoms with E-state index in [-0.39, 0.29) is 0 Å². The second-order valence-corrected chi connectivity index (χ2v) is 6.52. The Balaban J connectivity index is 1.97. The van der Waals surface area contributed by atoms with Crippen molar-refractivity contribution in [3.8, 4) is 0 Å². The van der Waals surface area contributed by atoms with Crippen LogP contribution in [-0.2, 0) is 0 Å². The Kier molecular flexibility index (Phi) is 3.58. The summed E-state index contributed by atoms with van der Waals surface area (Å²) in [6, 6.07) is 9.12. The second kappa shape index (κ2) is 4.79. The summed E-state index contributed by atoms with van der Waals surface area (Å²) in [5.74, 6) is 0. The first-order valence-corrected chi connectivity index (χ1v) is 6.87. The van der Waals surface area contributed by atoms with Crippen LogP contribution in [0.25, 0.3) is 0 Å². The fraction of sp³-hybridized carbons (Fsp3) is 0.571. The zero-order valence-electron chi connectivity index (χ0n) is 10.1. The van der Waals surface area contributed by atoms with E-state index in [1.54, 1.807) is 0 Å². The Bertz CT molecular complexity index is 342. The van der Waals surface area contributed by atoms with E-state index in [4.69, 9.17) is 0 Å². The van der Waals surface area contributed by atoms with Gasteiger partial charge in [-0.2, -0.15) is 0 Å². The molecule has 0 bridgehead atoms. The third-order valence-corrected chi connectivity index (χ3v) is 3.95. The second-order valence-electron chi connectivity index (χ2n) is 5.61. The molecule has 1 saturated carbocycles. The minimum Gasteiger partial charge on any atom is -0.382 e. The number of rotatable bonds is 2. The number of hydrogen-bond donors (Lipinski definition) is 1. The molecule has 1 aromatic rings. The Morgan fingerprint density at radius 1 is 1.25 bits per heavy atom. The van der Waals surface area contributed by atoms with Gasteiger partial charge in [-0.25, -0.2) is 0 Å². The molecule has 0 heterocycles. The predicted molar refractivity (Wildman–Crippen MR) is 73.8 cm³/mol. The van der Waals surface area contributed by atoms with Gasteiger partial charge in [0.25, 0.3) is 0 Å². The zero-order valence-corrected chi connectivity index (χ0v) is 11.7. The van der Waals surface area contributed by atoms with Crippen molar-refractivity contribution in [2.24, 2.45) is 5.41 Å². The van der Waals surface area contributed by atoms with Crippen LogP contribution in [-0.4, -0.2) is 6.04 Å². The van der Waals surface area contributed by atoms with E-state index < -0.39 is 0 Å². The van der Waals surface area contributed by atoms with Crippen LogP contribution in [0.4, 0.5) is 5.69 Å². The van der Waals surface area contributed by atoms with Crippen molar-refractivity contribution < 1.29 is 0 Å². The minimum absolute atomic E-state index is 0.505. The Morgan fingerprint density at radius 2 is 1.94 bits per heavy atom. The Hall–Kier alpha value is -0.500. The maximum Gasteiger partial charge on any atom is 0.0343 e. The molecule has 88 valence electrons. The average Bonchev–Trinajstić information content (AvgIpc) is 2.20. The molecule has 1 N–H and O–H groups in total. The summed E-state index contributed by atoms with van der Waals surface area (Å²) in [5.41, 5.74) is 1.75. The van der Waals surface area contributed by atoms with Gasteiger partial charge in [-0.1, -0.05) is 36.2 Å². The van der Waals surface area contributed by atoms with Gasteiger partial charge in [0.1, 0.15) is 0 Å². The standard InChI is InChI=1S/C14H20BrN/c1-14(2)9-3-4-13(10-14)16-12-7-5-11(15)6-8-12/h5-8,13,16H,3-4,9-10H2,1-2H3. The number of anilines is 1. The van der Waals surface area contributed by atoms with Crippen molar-refractivity contribution in [2.45, 2.75) is 45.6 Å². The van der Waals surface area contributed by atoms with Crippen molar-refractivity contribution in [2.75, 3.05) is 5.32 Å². The highest BCUT2D eigenvalue weighted by Gasteiger charge is 2.27. The first-order valence-electron chi connectivity index (χ1n) is 6.07. The van der Waals surface area contributed by atoms with Gasteiger partial charge in [-0.05, 0) is 48.9 Å². The summed E-state index contributed by atoms with van der Waals surface area (Å²) in [4.78, 5) is 0. The van der Waals surface area contributed by atoms with Gasteiger partial charge < -0.3 is 5.32 Å². The average molecular weight is 282 g/mol. The maximum absolute atomic E-state index is 3.64. The summed E-state index contributed by atoms with van der Waals surface area (Å²) in [5, 5.41) is 3.64. The Morgan fingerprint density at radius 3 is 2.56 bits per heavy atom. The molecule has 2 heteroatoms. The normalized spacial score (nSPS) is 24.1. The molecule has 2 rings (SSSR count). The molecule has 0 spiro atoms. The minimum atomic E-state index is 0.505. The number of benzene rings is 1. The molecule has 1 unspecified atom stereocenters. The summed E-state index contributed by atoms with van der Waals surface area (Å²) in [6.07, 6.45) is 5.30. The van der Waals surface area contributed by atoms with E-state index in [1.807, 2.05) is 0 Å². The van der Waals surface area contributed by atoms with Gasteiger partial charge in [0, 0.05) is 16.2 Å². The molecule has 1 aliphatic carbocycles. The lowest BCUT2D eigenvalue weighted by Gasteiger charge is -2.36. The van der Waals surface area contributed by atoms with E-state index >= 15 is 0 Å². The van der Waals surface area contributed by atoms with Gasteiger partial charge in [-0.3, -0.25) is 0 Å². The van der Waals surface area contributed by atoms with Gasteiger partial charge in [0.2, 0.25) is 0 Å². The Labute approximate surface area is 107 Å². The number of halogens is 1. The topological polar surface area (TPSA) is 12.0 Å². The number of nitrogens with one attached hydrogen (secondary N) is 1. The first-order chi connectivity index (χ1) is 7.55. The van der Waals surface area contributed by atoms with Crippen LogP contribution in [0.5, 0.6) is 0 Å². The smallest absolute Gasteiger partial charge is 0.0343 e. The SMILES string of the molecule is CC1(C)CCCC(Nc2ccc(Br)cc2)C1. The van der Waals surface area contributed by atoms with Crippen LogP contribution in [0, 0.1) is 5.41 Å². The maximum atomic E-state index is 3.64. The third kappa shape index (κ3) is 3.24. The van der Waals surface area contributed by atoms with Crippen molar-refractivity contribution in [1.29, 1.82) is 0 Å². The van der Waals surface area contributed by atoms with Crippen molar-refractivity contribution >= 4 is 21.6 Å². The van der Waals surface area contributed by atoms with E-state index in [0.717, 1.165) is 4.47 Å². The van der Waals surface area contributed by atoms with Crippen LogP contribution >= 0.6 is 15.9 Å². The first kappa shape index (κ1) is 12.0. The van der Waals surface area contributed by atoms with Crippen molar-refractivity contribution in [3.05, 3.63) is 28.7 Å². The third-order valence-electron chi connectivity index (χ3n) is 3.42. The van der Waals surface area contributed by atoms with Gasteiger partial charge in [-0.15, -0.1) is 0 Å². The molecular formula is C14H20BrN. The van der Waals surface area contributed by atoms with E-state index in [2.05, 4.69) is 59.4 Å². The fourth-order valence-electron chi connectivity index (χ4n) is 2.60. The highest BCUT2D eigenvalue weighted by Crippen LogP contribution is 2.36. The highest BCUT2D eigenvalue weighted by molar-refractivity contribution is 9.10. The molecule has 0 radical (unpaired) electrons. The fourth-order valence-corrected chi connectivity index (χ4v) is 2.87. The van der Waals surface area contributed by atoms with Crippen LogP contribution in [0.15, 0.2) is 28.7 Å². The highest BCUT2D eigenvalue weighted by atomic mass is 79.9. The molecule has 1 nitrogen and oxygen atoms in total. The van der Waals surface area contributed by atoms with Gasteiger partial charge in [0.15, 0.2) is 0 Å². The number of hydrogen-bond acceptors (Lipinski definition) is 1. The zero-order chi connectivity index (χ0) is 11.6. The molecule has 1 fully saturated rings. The van der Waals surface area contributed by atoms with Gasteiger partial charge >= 0.3 is 0 Å². The summed E-state index contributed by atoms with van der Waals surface area (Å²) < 4.78 is 1.14. The van der Waals surface area contributed by atoms with Crippen LogP contribution < -0.4 is 5.32 Å². The molecule has 1 atom stereocenters. The van der Waals surface area contributed by atoms with Crippen molar-refractivity contribution in [3.63, 3.8) is 0 Å². The molecule has 1 aromatic carbocycles. The van der Waals surface area contributed by atoms with Crippen LogP contribution in [0.3, 0.4) is 0 Å². The predicted octanol–water partition coefficient (Wildman–Crippen LogP) is 4.83. The van der Waals surface area contributed by atoms with E-state index in [1.165, 1.54) is 31.4 Å². The lowest BCUT2D eigenvalue weighted by Crippen LogP contribution is -2.31. The van der Waals surface area contributed by atoms with Crippen molar-refractivity contribution in [1.82, 2.24) is 0 Å². The molecule has 0 aliphatic heterocycles.